The van der Waals surface area contributed by atoms with Crippen molar-refractivity contribution in [2.75, 3.05) is 0 Å². The van der Waals surface area contributed by atoms with Gasteiger partial charge in [0.15, 0.2) is 23.3 Å². The molecule has 0 fully saturated rings. The van der Waals surface area contributed by atoms with Gasteiger partial charge < -0.3 is 0 Å². The van der Waals surface area contributed by atoms with Crippen LogP contribution in [0.25, 0.3) is 245 Å². The first-order valence-electron chi connectivity index (χ1n) is 44.2. The molecule has 8 heterocycles. The Kier molecular flexibility index (Phi) is 20.8. The van der Waals surface area contributed by atoms with E-state index < -0.39 is 0 Å². The number of hydrogen-bond acceptors (Lipinski definition) is 11. The molecule has 0 N–H and O–H groups in total. The monoisotopic (exact) mass is 1680 g/mol. The fraction of sp³-hybridized carbons (Fsp3) is 0. The molecule has 0 atom stereocenters. The highest BCUT2D eigenvalue weighted by Crippen LogP contribution is 2.43. The van der Waals surface area contributed by atoms with E-state index in [2.05, 4.69) is 362 Å². The number of nitrogens with zero attached hydrogens (tertiary/aromatic N) is 11. The lowest BCUT2D eigenvalue weighted by molar-refractivity contribution is 1.07. The van der Waals surface area contributed by atoms with E-state index in [1.165, 1.54) is 0 Å². The molecule has 0 saturated heterocycles. The van der Waals surface area contributed by atoms with Gasteiger partial charge >= 0.3 is 0 Å². The highest BCUT2D eigenvalue weighted by atomic mass is 15.0. The summed E-state index contributed by atoms with van der Waals surface area (Å²) < 4.78 is 0. The maximum absolute atomic E-state index is 5.32. The summed E-state index contributed by atoms with van der Waals surface area (Å²) in [6, 6.07) is 158. The molecule has 0 unspecified atom stereocenters. The molecule has 24 aromatic rings. The molecule has 24 rings (SSSR count). The minimum atomic E-state index is 0.604. The molecular weight excluding hydrogens is 1610 g/mol. The van der Waals surface area contributed by atoms with Crippen molar-refractivity contribution in [3.8, 4) is 180 Å². The van der Waals surface area contributed by atoms with Crippen LogP contribution in [0.1, 0.15) is 0 Å². The van der Waals surface area contributed by atoms with E-state index >= 15 is 0 Å². The molecule has 0 radical (unpaired) electrons. The van der Waals surface area contributed by atoms with Gasteiger partial charge in [-0.25, -0.2) is 44.9 Å². The van der Waals surface area contributed by atoms with Crippen molar-refractivity contribution in [3.05, 3.63) is 467 Å². The molecule has 11 heteroatoms. The van der Waals surface area contributed by atoms with E-state index in [4.69, 9.17) is 44.9 Å². The number of fused-ring (bicyclic) bond motifs is 8. The topological polar surface area (TPSA) is 142 Å². The Morgan fingerprint density at radius 3 is 0.841 bits per heavy atom. The lowest BCUT2D eigenvalue weighted by atomic mass is 9.94. The summed E-state index contributed by atoms with van der Waals surface area (Å²) in [5.74, 6) is 2.49. The molecule has 8 aromatic heterocycles. The predicted octanol–water partition coefficient (Wildman–Crippen LogP) is 30.3. The Balaban J connectivity index is 0.000000150. The lowest BCUT2D eigenvalue weighted by Crippen LogP contribution is -2.00. The van der Waals surface area contributed by atoms with E-state index in [-0.39, 0.29) is 0 Å². The van der Waals surface area contributed by atoms with Gasteiger partial charge in [-0.1, -0.05) is 376 Å². The van der Waals surface area contributed by atoms with Gasteiger partial charge in [0, 0.05) is 100 Å². The van der Waals surface area contributed by atoms with Crippen LogP contribution in [0.15, 0.2) is 467 Å². The third kappa shape index (κ3) is 15.8. The van der Waals surface area contributed by atoms with Gasteiger partial charge in [0.25, 0.3) is 0 Å². The Morgan fingerprint density at radius 2 is 0.417 bits per heavy atom. The maximum atomic E-state index is 5.32. The Morgan fingerprint density at radius 1 is 0.129 bits per heavy atom. The lowest BCUT2D eigenvalue weighted by Gasteiger charge is -2.14. The second-order valence-electron chi connectivity index (χ2n) is 32.8. The number of benzene rings is 16. The average Bonchev–Trinajstić information content (AvgIpc) is 0.768. The molecule has 616 valence electrons. The van der Waals surface area contributed by atoms with E-state index in [1.807, 2.05) is 116 Å². The molecule has 0 aliphatic heterocycles. The summed E-state index contributed by atoms with van der Waals surface area (Å²) in [5, 5.41) is 6.42. The van der Waals surface area contributed by atoms with Gasteiger partial charge in [-0.3, -0.25) is 9.97 Å². The van der Waals surface area contributed by atoms with Gasteiger partial charge in [-0.2, -0.15) is 0 Å². The molecule has 16 aromatic carbocycles. The van der Waals surface area contributed by atoms with Gasteiger partial charge in [0.2, 0.25) is 0 Å². The molecule has 0 aliphatic carbocycles. The average molecular weight is 1690 g/mol. The van der Waals surface area contributed by atoms with Gasteiger partial charge in [-0.05, 0) is 146 Å². The molecular formula is C121H77N11. The van der Waals surface area contributed by atoms with Crippen LogP contribution in [0.3, 0.4) is 0 Å². The zero-order valence-corrected chi connectivity index (χ0v) is 71.4. The first kappa shape index (κ1) is 78.8. The number of pyridine rings is 6. The van der Waals surface area contributed by atoms with Gasteiger partial charge in [-0.15, -0.1) is 0 Å². The molecule has 132 heavy (non-hydrogen) atoms. The molecule has 0 aliphatic rings. The standard InChI is InChI=1S/C61H39N5.C60H38N6/c1-4-14-41(15-5-1)54-34-32-44-31-33-52-53(38-56(42-16-6-2-7-17-42)64-60(52)59(44)63-54)48-22-10-20-46(36-48)40-27-29-45(30-28-40)61-65-57(43-18-8-3-9-19-43)39-58(66-61)49-23-11-21-47(37-49)50-24-12-26-55-51(50)25-13-35-62-55;1-4-14-40(15-5-1)53-34-32-42-31-33-51-52(38-55(41-16-6-2-7-17-41)63-57(51)56(42)62-53)47-22-10-20-45(36-47)39-27-29-44(30-28-39)59-64-58(43-18-8-3-9-19-43)65-60(66-59)48-23-11-21-46(37-48)49-24-12-26-54-50(49)25-13-35-61-54/h1-39H;1-38H. The van der Waals surface area contributed by atoms with Gasteiger partial charge in [0.1, 0.15) is 0 Å². The molecule has 0 spiro atoms. The zero-order valence-electron chi connectivity index (χ0n) is 71.4. The van der Waals surface area contributed by atoms with Crippen LogP contribution >= 0.6 is 0 Å². The second-order valence-corrected chi connectivity index (χ2v) is 32.8. The normalized spacial score (nSPS) is 11.3. The summed E-state index contributed by atoms with van der Waals surface area (Å²) in [6.45, 7) is 0. The van der Waals surface area contributed by atoms with Crippen molar-refractivity contribution in [1.29, 1.82) is 0 Å². The van der Waals surface area contributed by atoms with E-state index in [0.717, 1.165) is 222 Å². The minimum Gasteiger partial charge on any atom is -0.256 e. The smallest absolute Gasteiger partial charge is 0.164 e. The summed E-state index contributed by atoms with van der Waals surface area (Å²) in [4.78, 5) is 55.9. The summed E-state index contributed by atoms with van der Waals surface area (Å²) >= 11 is 0. The van der Waals surface area contributed by atoms with E-state index in [9.17, 15) is 0 Å². The van der Waals surface area contributed by atoms with Crippen molar-refractivity contribution in [2.24, 2.45) is 0 Å². The van der Waals surface area contributed by atoms with E-state index in [0.29, 0.717) is 23.3 Å². The van der Waals surface area contributed by atoms with Crippen LogP contribution in [-0.4, -0.2) is 54.8 Å². The van der Waals surface area contributed by atoms with Crippen LogP contribution in [0.4, 0.5) is 0 Å². The fourth-order valence-electron chi connectivity index (χ4n) is 17.8. The SMILES string of the molecule is c1ccc(-c2cc(-c3cccc(-c4cccc5ncccc45)c3)nc(-c3ccc(-c4cccc(-c5cc(-c6ccccc6)nc6c5ccc5ccc(-c7ccccc7)nc56)c4)cc3)n2)cc1.c1ccc(-c2ccc3ccc4c(-c5cccc(-c6ccc(-c7nc(-c8ccccc8)nc(-c8cccc(-c9cccc%10ncccc9%10)c8)n7)cc6)c5)cc(-c5ccccc5)nc4c3n2)cc1. The third-order valence-corrected chi connectivity index (χ3v) is 24.5. The molecule has 0 saturated carbocycles. The quantitative estimate of drug-likeness (QED) is 0.0853. The summed E-state index contributed by atoms with van der Waals surface area (Å²) in [6.07, 6.45) is 3.67. The zero-order chi connectivity index (χ0) is 87.6. The van der Waals surface area contributed by atoms with Crippen LogP contribution in [-0.2, 0) is 0 Å². The maximum Gasteiger partial charge on any atom is 0.164 e. The number of rotatable bonds is 16. The highest BCUT2D eigenvalue weighted by molar-refractivity contribution is 6.12. The van der Waals surface area contributed by atoms with Crippen LogP contribution in [0.5, 0.6) is 0 Å². The first-order chi connectivity index (χ1) is 65.4. The van der Waals surface area contributed by atoms with Crippen molar-refractivity contribution in [3.63, 3.8) is 0 Å². The third-order valence-electron chi connectivity index (χ3n) is 24.5. The van der Waals surface area contributed by atoms with E-state index in [1.54, 1.807) is 0 Å². The van der Waals surface area contributed by atoms with Crippen LogP contribution < -0.4 is 0 Å². The molecule has 0 amide bonds. The minimum absolute atomic E-state index is 0.604. The van der Waals surface area contributed by atoms with Gasteiger partial charge in [0.05, 0.1) is 67.3 Å². The molecule has 11 nitrogen and oxygen atoms in total. The first-order valence-corrected chi connectivity index (χ1v) is 44.2. The summed E-state index contributed by atoms with van der Waals surface area (Å²) in [5.41, 5.74) is 34.0. The number of hydrogen-bond donors (Lipinski definition) is 0. The largest absolute Gasteiger partial charge is 0.256 e. The van der Waals surface area contributed by atoms with Crippen LogP contribution in [0, 0.1) is 0 Å². The predicted molar refractivity (Wildman–Crippen MR) is 541 cm³/mol. The Labute approximate surface area is 762 Å². The number of aromatic nitrogens is 11. The van der Waals surface area contributed by atoms with Crippen molar-refractivity contribution >= 4 is 65.4 Å². The fourth-order valence-corrected chi connectivity index (χ4v) is 17.8. The summed E-state index contributed by atoms with van der Waals surface area (Å²) in [7, 11) is 0. The highest BCUT2D eigenvalue weighted by Gasteiger charge is 2.22. The van der Waals surface area contributed by atoms with Crippen molar-refractivity contribution in [2.45, 2.75) is 0 Å². The van der Waals surface area contributed by atoms with Crippen molar-refractivity contribution < 1.29 is 0 Å². The van der Waals surface area contributed by atoms with Crippen molar-refractivity contribution in [1.82, 2.24) is 54.8 Å². The molecule has 0 bridgehead atoms. The second kappa shape index (κ2) is 34.8. The van der Waals surface area contributed by atoms with Crippen LogP contribution in [0.2, 0.25) is 0 Å². The Bertz CT molecular complexity index is 7970. The Hall–Kier alpha value is -17.9.